The number of rotatable bonds is 10. The van der Waals surface area contributed by atoms with Crippen LogP contribution in [0.25, 0.3) is 0 Å². The van der Waals surface area contributed by atoms with Crippen molar-refractivity contribution < 1.29 is 54.4 Å². The largest absolute Gasteiger partial charge is 0.459 e. The topological polar surface area (TPSA) is 185 Å². The number of carbonyl (C=O) groups excluding carboxylic acids is 2. The third-order valence-electron chi connectivity index (χ3n) is 14.5. The Morgan fingerprint density at radius 3 is 0.952 bits per heavy atom. The van der Waals surface area contributed by atoms with Gasteiger partial charge in [0.2, 0.25) is 0 Å². The molecule has 4 aliphatic heterocycles. The second kappa shape index (κ2) is 16.9. The van der Waals surface area contributed by atoms with Crippen molar-refractivity contribution >= 4 is 11.9 Å². The van der Waals surface area contributed by atoms with E-state index in [1.165, 1.54) is 27.3 Å². The molecule has 2 atom stereocenters. The summed E-state index contributed by atoms with van der Waals surface area (Å²) in [4.78, 5) is 31.6. The van der Waals surface area contributed by atoms with Crippen molar-refractivity contribution in [3.63, 3.8) is 0 Å². The van der Waals surface area contributed by atoms with Crippen molar-refractivity contribution in [2.45, 2.75) is 243 Å². The van der Waals surface area contributed by atoms with E-state index in [0.29, 0.717) is 51.4 Å². The van der Waals surface area contributed by atoms with Gasteiger partial charge in [-0.3, -0.25) is 4.90 Å². The van der Waals surface area contributed by atoms with E-state index in [2.05, 4.69) is 39.6 Å². The Kier molecular flexibility index (Phi) is 13.8. The number of hydrogen-bond donors (Lipinski definition) is 5. The first kappa shape index (κ1) is 50.7. The molecule has 4 fully saturated rings. The fourth-order valence-electron chi connectivity index (χ4n) is 11.5. The normalized spacial score (nSPS) is 28.0. The molecule has 0 spiro atoms. The summed E-state index contributed by atoms with van der Waals surface area (Å²) in [6.07, 6.45) is -2.69. The molecule has 0 aliphatic carbocycles. The molecule has 0 bridgehead atoms. The Morgan fingerprint density at radius 2 is 0.694 bits per heavy atom. The third kappa shape index (κ3) is 10.4. The Balaban J connectivity index is 1.62. The average Bonchev–Trinajstić information content (AvgIpc) is 3.09. The summed E-state index contributed by atoms with van der Waals surface area (Å²) >= 11 is 0. The number of esters is 2. The predicted molar refractivity (Wildman–Crippen MR) is 233 cm³/mol. The van der Waals surface area contributed by atoms with Crippen LogP contribution in [0.4, 0.5) is 0 Å². The number of aliphatic hydroxyl groups excluding tert-OH is 2. The van der Waals surface area contributed by atoms with Crippen molar-refractivity contribution in [2.75, 3.05) is 7.05 Å². The van der Waals surface area contributed by atoms with Crippen LogP contribution < -0.4 is 0 Å². The SMILES string of the molecule is CN1C(C)(C)CC(OC(O)c2cc(C(=O)OC3CC(C)(C)N(O)C(C)(C)C3)c(C(O)OC3CC(C)(C)N(O)C(C)(C)C3)cc2C(=O)OC2CC(C)(C)N(O)C(C)(C)C2)CC1(C)C. The summed E-state index contributed by atoms with van der Waals surface area (Å²) in [6.45, 7) is 30.9. The molecular weight excluding hydrogens is 797 g/mol. The van der Waals surface area contributed by atoms with E-state index < -0.39 is 82.2 Å². The lowest BCUT2D eigenvalue weighted by Crippen LogP contribution is -2.60. The number of benzene rings is 1. The lowest BCUT2D eigenvalue weighted by Gasteiger charge is -2.53. The second-order valence-electron chi connectivity index (χ2n) is 23.9. The van der Waals surface area contributed by atoms with Crippen LogP contribution in [0.3, 0.4) is 0 Å². The molecule has 0 saturated carbocycles. The second-order valence-corrected chi connectivity index (χ2v) is 23.9. The number of hydrogen-bond acceptors (Lipinski definition) is 15. The molecule has 0 aromatic heterocycles. The first-order valence-corrected chi connectivity index (χ1v) is 22.4. The van der Waals surface area contributed by atoms with Gasteiger partial charge in [-0.2, -0.15) is 15.2 Å². The van der Waals surface area contributed by atoms with Gasteiger partial charge in [0.1, 0.15) is 12.2 Å². The van der Waals surface area contributed by atoms with Gasteiger partial charge in [0.05, 0.1) is 23.3 Å². The number of piperidine rings is 4. The molecule has 15 heteroatoms. The molecule has 62 heavy (non-hydrogen) atoms. The van der Waals surface area contributed by atoms with Crippen LogP contribution in [0.2, 0.25) is 0 Å². The lowest BCUT2D eigenvalue weighted by atomic mass is 9.78. The van der Waals surface area contributed by atoms with E-state index in [9.17, 15) is 35.4 Å². The van der Waals surface area contributed by atoms with Gasteiger partial charge >= 0.3 is 11.9 Å². The zero-order valence-electron chi connectivity index (χ0n) is 40.8. The van der Waals surface area contributed by atoms with Gasteiger partial charge in [-0.05, 0) is 156 Å². The Bertz CT molecular complexity index is 1620. The minimum absolute atomic E-state index is 0.0350. The van der Waals surface area contributed by atoms with E-state index in [4.69, 9.17) is 18.9 Å². The van der Waals surface area contributed by atoms with Gasteiger partial charge in [-0.25, -0.2) is 9.59 Å². The maximum Gasteiger partial charge on any atom is 0.338 e. The maximum absolute atomic E-state index is 14.7. The molecule has 2 unspecified atom stereocenters. The number of carbonyl (C=O) groups is 2. The van der Waals surface area contributed by atoms with Crippen molar-refractivity contribution in [3.05, 3.63) is 34.4 Å². The van der Waals surface area contributed by atoms with Gasteiger partial charge in [0.25, 0.3) is 0 Å². The third-order valence-corrected chi connectivity index (χ3v) is 14.5. The van der Waals surface area contributed by atoms with Crippen molar-refractivity contribution in [1.82, 2.24) is 20.1 Å². The molecule has 0 radical (unpaired) electrons. The minimum atomic E-state index is -1.75. The van der Waals surface area contributed by atoms with E-state index in [1.54, 1.807) is 0 Å². The summed E-state index contributed by atoms with van der Waals surface area (Å²) in [5, 5.41) is 61.2. The highest BCUT2D eigenvalue weighted by molar-refractivity contribution is 5.96. The predicted octanol–water partition coefficient (Wildman–Crippen LogP) is 7.90. The van der Waals surface area contributed by atoms with Crippen LogP contribution in [-0.4, -0.2) is 134 Å². The van der Waals surface area contributed by atoms with Crippen LogP contribution in [-0.2, 0) is 18.9 Å². The molecule has 0 amide bonds. The van der Waals surface area contributed by atoms with Crippen LogP contribution in [0.5, 0.6) is 0 Å². The molecule has 1 aromatic carbocycles. The van der Waals surface area contributed by atoms with E-state index in [1.807, 2.05) is 83.1 Å². The van der Waals surface area contributed by atoms with Gasteiger partial charge in [-0.15, -0.1) is 0 Å². The Hall–Kier alpha value is -2.28. The standard InChI is InChI=1S/C47H80N4O11/c1-40(2)20-28(21-41(3,4)48(40)17)59-36(52)32-18-34(38(54)61-30-24-44(9,10)50(57)45(11,12)25-30)35(39(55)62-31-26-46(13,14)51(58)47(15,16)27-31)19-33(32)37(53)60-29-22-42(5,6)49(56)43(7,8)23-29/h18-19,28-31,36,39,52,55-58H,20-27H2,1-17H3. The molecule has 5 N–H and O–H groups in total. The zero-order chi connectivity index (χ0) is 47.1. The Labute approximate surface area is 370 Å². The summed E-state index contributed by atoms with van der Waals surface area (Å²) in [5.41, 5.74) is -5.36. The van der Waals surface area contributed by atoms with E-state index in [0.717, 1.165) is 0 Å². The van der Waals surface area contributed by atoms with Gasteiger partial charge in [-0.1, -0.05) is 0 Å². The summed E-state index contributed by atoms with van der Waals surface area (Å²) < 4.78 is 25.3. The number of likely N-dealkylation sites (tertiary alicyclic amines) is 1. The van der Waals surface area contributed by atoms with Gasteiger partial charge in [0.15, 0.2) is 12.6 Å². The quantitative estimate of drug-likeness (QED) is 0.113. The molecule has 15 nitrogen and oxygen atoms in total. The molecule has 4 heterocycles. The summed E-state index contributed by atoms with van der Waals surface area (Å²) in [7, 11) is 2.07. The molecule has 1 aromatic rings. The first-order valence-electron chi connectivity index (χ1n) is 22.4. The van der Waals surface area contributed by atoms with Crippen LogP contribution >= 0.6 is 0 Å². The van der Waals surface area contributed by atoms with Crippen molar-refractivity contribution in [1.29, 1.82) is 0 Å². The maximum atomic E-state index is 14.7. The van der Waals surface area contributed by atoms with E-state index in [-0.39, 0.29) is 33.3 Å². The summed E-state index contributed by atoms with van der Waals surface area (Å²) in [5.74, 6) is -1.62. The zero-order valence-corrected chi connectivity index (χ0v) is 40.8. The highest BCUT2D eigenvalue weighted by Gasteiger charge is 2.50. The molecule has 5 rings (SSSR count). The monoisotopic (exact) mass is 877 g/mol. The minimum Gasteiger partial charge on any atom is -0.459 e. The lowest BCUT2D eigenvalue weighted by molar-refractivity contribution is -0.275. The summed E-state index contributed by atoms with van der Waals surface area (Å²) in [6, 6.07) is 2.69. The first-order chi connectivity index (χ1) is 27.9. The van der Waals surface area contributed by atoms with Crippen LogP contribution in [0.15, 0.2) is 12.1 Å². The fraction of sp³-hybridized carbons (Fsp3) is 0.830. The fourth-order valence-corrected chi connectivity index (χ4v) is 11.5. The van der Waals surface area contributed by atoms with Crippen LogP contribution in [0, 0.1) is 0 Å². The number of hydroxylamine groups is 6. The smallest absolute Gasteiger partial charge is 0.338 e. The average molecular weight is 877 g/mol. The van der Waals surface area contributed by atoms with Gasteiger partial charge < -0.3 is 44.8 Å². The molecular formula is C47H80N4O11. The molecule has 354 valence electrons. The number of aliphatic hydroxyl groups is 2. The van der Waals surface area contributed by atoms with Crippen molar-refractivity contribution in [3.8, 4) is 0 Å². The number of ether oxygens (including phenoxy) is 4. The van der Waals surface area contributed by atoms with Gasteiger partial charge in [0, 0.05) is 81.1 Å². The van der Waals surface area contributed by atoms with E-state index >= 15 is 0 Å². The van der Waals surface area contributed by atoms with Crippen LogP contribution in [0.1, 0.15) is 207 Å². The van der Waals surface area contributed by atoms with Crippen molar-refractivity contribution in [2.24, 2.45) is 0 Å². The highest BCUT2D eigenvalue weighted by atomic mass is 16.6. The number of nitrogens with zero attached hydrogens (tertiary/aromatic N) is 4. The molecule has 4 aliphatic rings. The Morgan fingerprint density at radius 1 is 0.468 bits per heavy atom. The molecule has 4 saturated heterocycles. The highest BCUT2D eigenvalue weighted by Crippen LogP contribution is 2.44.